The Balaban J connectivity index is 1.71. The van der Waals surface area contributed by atoms with Crippen LogP contribution in [-0.4, -0.2) is 28.3 Å². The predicted octanol–water partition coefficient (Wildman–Crippen LogP) is 3.88. The van der Waals surface area contributed by atoms with Crippen LogP contribution in [0.25, 0.3) is 11.4 Å². The molecule has 134 valence electrons. The minimum Gasteiger partial charge on any atom is -0.506 e. The third-order valence-corrected chi connectivity index (χ3v) is 4.15. The first-order valence-electron chi connectivity index (χ1n) is 7.61. The Morgan fingerprint density at radius 2 is 2.12 bits per heavy atom. The number of methoxy groups -OCH3 is 1. The van der Waals surface area contributed by atoms with Crippen molar-refractivity contribution in [3.05, 3.63) is 57.9 Å². The molecule has 0 fully saturated rings. The number of rotatable bonds is 5. The summed E-state index contributed by atoms with van der Waals surface area (Å²) in [5.74, 6) is 0.301. The van der Waals surface area contributed by atoms with Gasteiger partial charge in [-0.25, -0.2) is 4.79 Å². The number of carbonyl (C=O) groups excluding carboxylic acids is 1. The number of phenols is 1. The van der Waals surface area contributed by atoms with Crippen molar-refractivity contribution in [1.29, 1.82) is 0 Å². The van der Waals surface area contributed by atoms with Crippen molar-refractivity contribution in [2.24, 2.45) is 0 Å². The van der Waals surface area contributed by atoms with E-state index >= 15 is 0 Å². The summed E-state index contributed by atoms with van der Waals surface area (Å²) < 4.78 is 15.8. The molecule has 0 bridgehead atoms. The number of aryl methyl sites for hydroxylation is 1. The van der Waals surface area contributed by atoms with Gasteiger partial charge >= 0.3 is 5.97 Å². The summed E-state index contributed by atoms with van der Waals surface area (Å²) in [4.78, 5) is 16.4. The molecule has 0 aliphatic carbocycles. The molecule has 0 aliphatic rings. The van der Waals surface area contributed by atoms with Gasteiger partial charge in [-0.15, -0.1) is 0 Å². The van der Waals surface area contributed by atoms with E-state index in [0.29, 0.717) is 21.6 Å². The molecule has 26 heavy (non-hydrogen) atoms. The average Bonchev–Trinajstić information content (AvgIpc) is 3.12. The van der Waals surface area contributed by atoms with Gasteiger partial charge in [0, 0.05) is 5.56 Å². The van der Waals surface area contributed by atoms with Crippen LogP contribution in [0.4, 0.5) is 0 Å². The lowest BCUT2D eigenvalue weighted by Gasteiger charge is -2.07. The first-order valence-corrected chi connectivity index (χ1v) is 8.40. The molecule has 0 amide bonds. The summed E-state index contributed by atoms with van der Waals surface area (Å²) in [5.41, 5.74) is 1.58. The molecule has 1 N–H and O–H groups in total. The highest BCUT2D eigenvalue weighted by atomic mass is 79.9. The van der Waals surface area contributed by atoms with E-state index in [1.807, 2.05) is 12.1 Å². The number of ether oxygens (including phenoxy) is 2. The number of halogens is 1. The smallest absolute Gasteiger partial charge is 0.342 e. The molecule has 0 atom stereocenters. The third kappa shape index (κ3) is 3.85. The molecule has 0 saturated carbocycles. The van der Waals surface area contributed by atoms with Crippen LogP contribution in [0.3, 0.4) is 0 Å². The lowest BCUT2D eigenvalue weighted by atomic mass is 10.1. The minimum absolute atomic E-state index is 0.0596. The highest BCUT2D eigenvalue weighted by Crippen LogP contribution is 2.30. The number of esters is 1. The molecule has 1 aromatic heterocycles. The Morgan fingerprint density at radius 1 is 1.31 bits per heavy atom. The standard InChI is InChI=1S/C18H15BrN2O5/c1-10-6-13(16(22)14(19)7-10)18(23)25-9-15-20-17(21-26-15)11-4-3-5-12(8-11)24-2/h3-8,22H,9H2,1-2H3. The van der Waals surface area contributed by atoms with E-state index in [1.54, 1.807) is 32.2 Å². The predicted molar refractivity (Wildman–Crippen MR) is 95.9 cm³/mol. The van der Waals surface area contributed by atoms with Gasteiger partial charge in [0.15, 0.2) is 6.61 Å². The quantitative estimate of drug-likeness (QED) is 0.628. The van der Waals surface area contributed by atoms with E-state index in [-0.39, 0.29) is 23.8 Å². The van der Waals surface area contributed by atoms with Crippen LogP contribution in [0.15, 0.2) is 45.4 Å². The largest absolute Gasteiger partial charge is 0.506 e. The van der Waals surface area contributed by atoms with Crippen LogP contribution in [0.1, 0.15) is 21.8 Å². The molecule has 3 rings (SSSR count). The third-order valence-electron chi connectivity index (χ3n) is 3.55. The summed E-state index contributed by atoms with van der Waals surface area (Å²) >= 11 is 3.19. The molecule has 2 aromatic carbocycles. The summed E-state index contributed by atoms with van der Waals surface area (Å²) in [6.45, 7) is 1.60. The zero-order valence-corrected chi connectivity index (χ0v) is 15.6. The maximum absolute atomic E-state index is 12.2. The van der Waals surface area contributed by atoms with Gasteiger partial charge in [-0.3, -0.25) is 0 Å². The van der Waals surface area contributed by atoms with Crippen LogP contribution in [0.5, 0.6) is 11.5 Å². The number of nitrogens with zero attached hydrogens (tertiary/aromatic N) is 2. The fourth-order valence-electron chi connectivity index (χ4n) is 2.29. The van der Waals surface area contributed by atoms with Crippen LogP contribution >= 0.6 is 15.9 Å². The summed E-state index contributed by atoms with van der Waals surface area (Å²) in [5, 5.41) is 13.8. The molecule has 0 spiro atoms. The van der Waals surface area contributed by atoms with Crippen molar-refractivity contribution in [1.82, 2.24) is 10.1 Å². The molecular formula is C18H15BrN2O5. The average molecular weight is 419 g/mol. The fraction of sp³-hybridized carbons (Fsp3) is 0.167. The highest BCUT2D eigenvalue weighted by molar-refractivity contribution is 9.10. The van der Waals surface area contributed by atoms with E-state index < -0.39 is 5.97 Å². The van der Waals surface area contributed by atoms with Crippen molar-refractivity contribution in [3.63, 3.8) is 0 Å². The maximum Gasteiger partial charge on any atom is 0.342 e. The molecule has 3 aromatic rings. The van der Waals surface area contributed by atoms with Crippen molar-refractivity contribution in [2.75, 3.05) is 7.11 Å². The molecule has 0 radical (unpaired) electrons. The molecule has 0 unspecified atom stereocenters. The van der Waals surface area contributed by atoms with Gasteiger partial charge in [-0.05, 0) is 52.7 Å². The topological polar surface area (TPSA) is 94.7 Å². The zero-order chi connectivity index (χ0) is 18.7. The number of hydrogen-bond donors (Lipinski definition) is 1. The monoisotopic (exact) mass is 418 g/mol. The Bertz CT molecular complexity index is 955. The Kier molecular flexibility index (Phi) is 5.22. The Hall–Kier alpha value is -2.87. The van der Waals surface area contributed by atoms with E-state index in [4.69, 9.17) is 14.0 Å². The van der Waals surface area contributed by atoms with Gasteiger partial charge in [0.25, 0.3) is 5.89 Å². The van der Waals surface area contributed by atoms with E-state index in [2.05, 4.69) is 26.1 Å². The van der Waals surface area contributed by atoms with Crippen molar-refractivity contribution < 1.29 is 23.9 Å². The second kappa shape index (κ2) is 7.57. The summed E-state index contributed by atoms with van der Waals surface area (Å²) in [6, 6.07) is 10.4. The molecular weight excluding hydrogens is 404 g/mol. The van der Waals surface area contributed by atoms with Gasteiger partial charge < -0.3 is 19.1 Å². The second-order valence-corrected chi connectivity index (χ2v) is 6.32. The fourth-order valence-corrected chi connectivity index (χ4v) is 2.86. The van der Waals surface area contributed by atoms with Crippen LogP contribution in [0.2, 0.25) is 0 Å². The molecule has 0 saturated heterocycles. The number of aromatic nitrogens is 2. The first-order chi connectivity index (χ1) is 12.5. The summed E-state index contributed by atoms with van der Waals surface area (Å²) in [6.07, 6.45) is 0. The van der Waals surface area contributed by atoms with Gasteiger partial charge in [-0.1, -0.05) is 17.3 Å². The molecule has 8 heteroatoms. The number of hydrogen-bond acceptors (Lipinski definition) is 7. The SMILES string of the molecule is COc1cccc(-c2noc(COC(=O)c3cc(C)cc(Br)c3O)n2)c1. The van der Waals surface area contributed by atoms with Crippen molar-refractivity contribution in [3.8, 4) is 22.9 Å². The lowest BCUT2D eigenvalue weighted by Crippen LogP contribution is -2.06. The van der Waals surface area contributed by atoms with E-state index in [0.717, 1.165) is 5.56 Å². The first kappa shape index (κ1) is 17.9. The van der Waals surface area contributed by atoms with E-state index in [9.17, 15) is 9.90 Å². The maximum atomic E-state index is 12.2. The normalized spacial score (nSPS) is 10.6. The zero-order valence-electron chi connectivity index (χ0n) is 14.0. The minimum atomic E-state index is -0.687. The molecule has 0 aliphatic heterocycles. The number of aromatic hydroxyl groups is 1. The van der Waals surface area contributed by atoms with Crippen molar-refractivity contribution in [2.45, 2.75) is 13.5 Å². The lowest BCUT2D eigenvalue weighted by molar-refractivity contribution is 0.0426. The number of carbonyl (C=O) groups is 1. The summed E-state index contributed by atoms with van der Waals surface area (Å²) in [7, 11) is 1.57. The second-order valence-electron chi connectivity index (χ2n) is 5.46. The Labute approximate surface area is 157 Å². The van der Waals surface area contributed by atoms with E-state index in [1.165, 1.54) is 6.07 Å². The number of benzene rings is 2. The Morgan fingerprint density at radius 3 is 2.88 bits per heavy atom. The van der Waals surface area contributed by atoms with Crippen LogP contribution < -0.4 is 4.74 Å². The van der Waals surface area contributed by atoms with Crippen LogP contribution in [-0.2, 0) is 11.3 Å². The van der Waals surface area contributed by atoms with Gasteiger partial charge in [-0.2, -0.15) is 4.98 Å². The molecule has 1 heterocycles. The van der Waals surface area contributed by atoms with Gasteiger partial charge in [0.05, 0.1) is 11.6 Å². The van der Waals surface area contributed by atoms with Gasteiger partial charge in [0.2, 0.25) is 5.82 Å². The van der Waals surface area contributed by atoms with Gasteiger partial charge in [0.1, 0.15) is 17.1 Å². The molecule has 7 nitrogen and oxygen atoms in total. The highest BCUT2D eigenvalue weighted by Gasteiger charge is 2.18. The van der Waals surface area contributed by atoms with Crippen molar-refractivity contribution >= 4 is 21.9 Å². The number of phenolic OH excluding ortho intramolecular Hbond substituents is 1. The van der Waals surface area contributed by atoms with Crippen LogP contribution in [0, 0.1) is 6.92 Å².